The van der Waals surface area contributed by atoms with E-state index in [1.54, 1.807) is 33.1 Å². The number of likely N-dealkylation sites (tertiary alicyclic amines) is 1. The first-order chi connectivity index (χ1) is 24.6. The Labute approximate surface area is 312 Å². The molecule has 0 radical (unpaired) electrons. The first-order valence-electron chi connectivity index (χ1n) is 19.1. The Hall–Kier alpha value is -3.31. The molecule has 2 amide bonds. The van der Waals surface area contributed by atoms with E-state index >= 15 is 0 Å². The molecule has 1 aromatic rings. The number of hydrogen-bond acceptors (Lipinski definition) is 8. The number of hydrogen-bond donors (Lipinski definition) is 0. The number of ether oxygens (including phenoxy) is 2. The average Bonchev–Trinajstić information content (AvgIpc) is 3.59. The van der Waals surface area contributed by atoms with Crippen LogP contribution in [0.2, 0.25) is 0 Å². The number of likely N-dealkylation sites (N-methyl/N-ethyl adjacent to an activating group) is 2. The number of benzene rings is 1. The highest BCUT2D eigenvalue weighted by Crippen LogP contribution is 2.31. The molecule has 1 heterocycles. The predicted molar refractivity (Wildman–Crippen MR) is 205 cm³/mol. The number of ketones is 2. The van der Waals surface area contributed by atoms with Gasteiger partial charge in [-0.15, -0.1) is 0 Å². The standard InChI is InChI=1S/C40H66N6O6/c1-12-27(4)38(45(9)40(50)31(29(6)42-43-41)24-34(48)37(26(2)3)44(7)8)35(51-10)25-36(49)46-23-17-21-32(46)39(52-11)28(5)33(47)22-16-20-30-18-14-13-15-19-30/h13-15,18-19,26-29,31-32,35,37-39H,12,16-17,20-25H2,1-11H3/t27-,28-,29-,31+,32-,35+,37-,38-,39+/m0/s1. The molecule has 1 aliphatic heterocycles. The Bertz CT molecular complexity index is 1330. The van der Waals surface area contributed by atoms with Crippen molar-refractivity contribution in [1.29, 1.82) is 0 Å². The van der Waals surface area contributed by atoms with Gasteiger partial charge in [0.2, 0.25) is 11.8 Å². The Morgan fingerprint density at radius 2 is 1.63 bits per heavy atom. The second-order valence-corrected chi connectivity index (χ2v) is 15.3. The second-order valence-electron chi connectivity index (χ2n) is 15.3. The molecule has 12 nitrogen and oxygen atoms in total. The maximum Gasteiger partial charge on any atom is 0.226 e. The Morgan fingerprint density at radius 3 is 2.17 bits per heavy atom. The average molecular weight is 727 g/mol. The quantitative estimate of drug-likeness (QED) is 0.0725. The minimum Gasteiger partial charge on any atom is -0.379 e. The SMILES string of the molecule is CC[C@H](C)[C@@H]([C@@H](CC(=O)N1CCC[C@H]1[C@H](OC)[C@@H](C)C(=O)CCCc1ccccc1)OC)N(C)C(=O)[C@H](CC(=O)[C@H](C(C)C)N(C)C)[C@H](C)N=[N+]=[N-]. The van der Waals surface area contributed by atoms with Gasteiger partial charge in [0.05, 0.1) is 42.7 Å². The van der Waals surface area contributed by atoms with Gasteiger partial charge in [0, 0.05) is 57.5 Å². The van der Waals surface area contributed by atoms with E-state index < -0.39 is 36.3 Å². The summed E-state index contributed by atoms with van der Waals surface area (Å²) in [4.78, 5) is 63.7. The number of methoxy groups -OCH3 is 2. The van der Waals surface area contributed by atoms with Gasteiger partial charge in [-0.05, 0) is 62.7 Å². The van der Waals surface area contributed by atoms with Crippen molar-refractivity contribution in [2.24, 2.45) is 28.8 Å². The van der Waals surface area contributed by atoms with Crippen LogP contribution in [0.25, 0.3) is 10.4 Å². The predicted octanol–water partition coefficient (Wildman–Crippen LogP) is 6.36. The second kappa shape index (κ2) is 22.0. The molecular weight excluding hydrogens is 660 g/mol. The van der Waals surface area contributed by atoms with Gasteiger partial charge in [0.25, 0.3) is 0 Å². The number of azide groups is 1. The lowest BCUT2D eigenvalue weighted by atomic mass is 9.85. The van der Waals surface area contributed by atoms with Gasteiger partial charge in [-0.1, -0.05) is 83.4 Å². The minimum absolute atomic E-state index is 0.0235. The fourth-order valence-corrected chi connectivity index (χ4v) is 8.16. The van der Waals surface area contributed by atoms with Crippen molar-refractivity contribution in [2.75, 3.05) is 41.9 Å². The molecule has 1 fully saturated rings. The first-order valence-corrected chi connectivity index (χ1v) is 19.1. The van der Waals surface area contributed by atoms with Crippen LogP contribution >= 0.6 is 0 Å². The molecule has 0 N–H and O–H groups in total. The molecule has 0 saturated carbocycles. The van der Waals surface area contributed by atoms with Gasteiger partial charge < -0.3 is 19.3 Å². The van der Waals surface area contributed by atoms with Gasteiger partial charge in [0.15, 0.2) is 5.78 Å². The highest BCUT2D eigenvalue weighted by atomic mass is 16.5. The van der Waals surface area contributed by atoms with Crippen molar-refractivity contribution in [3.8, 4) is 0 Å². The van der Waals surface area contributed by atoms with Crippen molar-refractivity contribution in [1.82, 2.24) is 14.7 Å². The zero-order chi connectivity index (χ0) is 39.1. The van der Waals surface area contributed by atoms with Crippen LogP contribution in [0.5, 0.6) is 0 Å². The van der Waals surface area contributed by atoms with Crippen LogP contribution in [0, 0.1) is 23.7 Å². The molecule has 0 aliphatic carbocycles. The van der Waals surface area contributed by atoms with E-state index in [1.165, 1.54) is 5.56 Å². The maximum atomic E-state index is 14.3. The molecule has 1 aliphatic rings. The van der Waals surface area contributed by atoms with Gasteiger partial charge in [0.1, 0.15) is 5.78 Å². The summed E-state index contributed by atoms with van der Waals surface area (Å²) in [6.45, 7) is 12.1. The molecule has 12 heteroatoms. The molecule has 0 bridgehead atoms. The van der Waals surface area contributed by atoms with Gasteiger partial charge >= 0.3 is 0 Å². The third-order valence-electron chi connectivity index (χ3n) is 11.2. The lowest BCUT2D eigenvalue weighted by Crippen LogP contribution is -2.54. The smallest absolute Gasteiger partial charge is 0.226 e. The normalized spacial score (nSPS) is 19.2. The summed E-state index contributed by atoms with van der Waals surface area (Å²) in [5.74, 6) is -1.71. The van der Waals surface area contributed by atoms with E-state index in [0.717, 1.165) is 25.7 Å². The lowest BCUT2D eigenvalue weighted by molar-refractivity contribution is -0.148. The number of rotatable bonds is 23. The molecule has 0 aromatic heterocycles. The van der Waals surface area contributed by atoms with Gasteiger partial charge in [-0.2, -0.15) is 0 Å². The summed E-state index contributed by atoms with van der Waals surface area (Å²) < 4.78 is 12.0. The summed E-state index contributed by atoms with van der Waals surface area (Å²) in [6, 6.07) is 8.21. The van der Waals surface area contributed by atoms with Crippen molar-refractivity contribution in [2.45, 2.75) is 129 Å². The Morgan fingerprint density at radius 1 is 0.981 bits per heavy atom. The topological polar surface area (TPSA) is 145 Å². The fourth-order valence-electron chi connectivity index (χ4n) is 8.16. The summed E-state index contributed by atoms with van der Waals surface area (Å²) in [5, 5.41) is 3.85. The fraction of sp³-hybridized carbons (Fsp3) is 0.750. The number of carbonyl (C=O) groups is 4. The van der Waals surface area contributed by atoms with E-state index in [1.807, 2.05) is 76.7 Å². The number of amides is 2. The Balaban J connectivity index is 2.27. The first kappa shape index (κ1) is 44.8. The number of carbonyl (C=O) groups excluding carboxylic acids is 4. The van der Waals surface area contributed by atoms with E-state index in [2.05, 4.69) is 22.2 Å². The summed E-state index contributed by atoms with van der Waals surface area (Å²) in [7, 11) is 8.53. The largest absolute Gasteiger partial charge is 0.379 e. The van der Waals surface area contributed by atoms with E-state index in [9.17, 15) is 24.7 Å². The van der Waals surface area contributed by atoms with E-state index in [-0.39, 0.29) is 60.0 Å². The molecule has 52 heavy (non-hydrogen) atoms. The van der Waals surface area contributed by atoms with Crippen LogP contribution in [0.4, 0.5) is 0 Å². The number of aryl methyl sites for hydroxylation is 1. The lowest BCUT2D eigenvalue weighted by Gasteiger charge is -2.41. The third-order valence-corrected chi connectivity index (χ3v) is 11.2. The van der Waals surface area contributed by atoms with Gasteiger partial charge in [-0.25, -0.2) is 0 Å². The summed E-state index contributed by atoms with van der Waals surface area (Å²) >= 11 is 0. The summed E-state index contributed by atoms with van der Waals surface area (Å²) in [5.41, 5.74) is 10.5. The molecule has 0 spiro atoms. The molecule has 0 unspecified atom stereocenters. The van der Waals surface area contributed by atoms with Crippen LogP contribution < -0.4 is 0 Å². The maximum absolute atomic E-state index is 14.3. The molecule has 1 aromatic carbocycles. The van der Waals surface area contributed by atoms with E-state index in [4.69, 9.17) is 9.47 Å². The van der Waals surface area contributed by atoms with Crippen molar-refractivity contribution in [3.05, 3.63) is 46.3 Å². The molecule has 2 rings (SSSR count). The zero-order valence-electron chi connectivity index (χ0n) is 33.7. The minimum atomic E-state index is -0.883. The molecular formula is C40H66N6O6. The monoisotopic (exact) mass is 727 g/mol. The number of nitrogens with zero attached hydrogens (tertiary/aromatic N) is 6. The number of Topliss-reactive ketones (excluding diaryl/α,β-unsaturated/α-hetero) is 2. The Kier molecular flexibility index (Phi) is 19.0. The van der Waals surface area contributed by atoms with Gasteiger partial charge in [-0.3, -0.25) is 24.1 Å². The molecule has 1 saturated heterocycles. The highest BCUT2D eigenvalue weighted by Gasteiger charge is 2.43. The molecule has 9 atom stereocenters. The summed E-state index contributed by atoms with van der Waals surface area (Å²) in [6.07, 6.45) is 3.12. The van der Waals surface area contributed by atoms with Crippen LogP contribution in [-0.4, -0.2) is 116 Å². The van der Waals surface area contributed by atoms with Crippen molar-refractivity contribution >= 4 is 23.4 Å². The van der Waals surface area contributed by atoms with Crippen molar-refractivity contribution < 1.29 is 28.7 Å². The van der Waals surface area contributed by atoms with E-state index in [0.29, 0.717) is 19.4 Å². The molecule has 292 valence electrons. The third kappa shape index (κ3) is 12.1. The highest BCUT2D eigenvalue weighted by molar-refractivity contribution is 5.90. The van der Waals surface area contributed by atoms with Crippen LogP contribution in [0.3, 0.4) is 0 Å². The van der Waals surface area contributed by atoms with Crippen LogP contribution in [-0.2, 0) is 35.1 Å². The van der Waals surface area contributed by atoms with Crippen LogP contribution in [0.15, 0.2) is 35.4 Å². The van der Waals surface area contributed by atoms with Crippen molar-refractivity contribution in [3.63, 3.8) is 0 Å². The zero-order valence-corrected chi connectivity index (χ0v) is 33.7. The van der Waals surface area contributed by atoms with Crippen LogP contribution in [0.1, 0.15) is 92.1 Å².